The molecule has 2 rings (SSSR count). The molecule has 2 aromatic carbocycles. The molecule has 0 amide bonds. The molecule has 0 atom stereocenters. The van der Waals surface area contributed by atoms with Gasteiger partial charge in [-0.15, -0.1) is 0 Å². The highest BCUT2D eigenvalue weighted by Crippen LogP contribution is 2.33. The topological polar surface area (TPSA) is 43.4 Å². The Hall–Kier alpha value is -2.23. The van der Waals surface area contributed by atoms with Crippen molar-refractivity contribution in [1.82, 2.24) is 0 Å². The molecule has 0 spiro atoms. The van der Waals surface area contributed by atoms with Gasteiger partial charge in [0.05, 0.1) is 5.56 Å². The maximum absolute atomic E-state index is 13.1. The fourth-order valence-electron chi connectivity index (χ4n) is 1.58. The molecule has 0 aromatic heterocycles. The molecule has 0 aliphatic carbocycles. The minimum atomic E-state index is -5.11. The lowest BCUT2D eigenvalue weighted by molar-refractivity contribution is -0.140. The summed E-state index contributed by atoms with van der Waals surface area (Å²) in [6, 6.07) is 2.66. The maximum atomic E-state index is 13.1. The van der Waals surface area contributed by atoms with E-state index in [2.05, 4.69) is 4.18 Å². The molecule has 0 radical (unpaired) electrons. The molecular formula is C13H6F6O3S. The van der Waals surface area contributed by atoms with Crippen LogP contribution in [0.1, 0.15) is 5.56 Å². The van der Waals surface area contributed by atoms with Crippen LogP contribution in [0.15, 0.2) is 41.3 Å². The minimum absolute atomic E-state index is 0.0462. The van der Waals surface area contributed by atoms with Gasteiger partial charge in [-0.3, -0.25) is 0 Å². The van der Waals surface area contributed by atoms with Crippen molar-refractivity contribution in [1.29, 1.82) is 0 Å². The molecule has 0 unspecified atom stereocenters. The summed E-state index contributed by atoms with van der Waals surface area (Å²) in [4.78, 5) is -0.990. The van der Waals surface area contributed by atoms with Crippen LogP contribution in [0.2, 0.25) is 0 Å². The van der Waals surface area contributed by atoms with Crippen molar-refractivity contribution in [2.45, 2.75) is 11.1 Å². The Bertz CT molecular complexity index is 845. The molecule has 0 fully saturated rings. The molecule has 0 N–H and O–H groups in total. The zero-order valence-electron chi connectivity index (χ0n) is 10.9. The number of rotatable bonds is 3. The number of benzene rings is 2. The summed E-state index contributed by atoms with van der Waals surface area (Å²) in [7, 11) is -4.80. The standard InChI is InChI=1S/C13H6F6O3S/c14-10-4-2-8(6-9(10)13(17,18)19)23(20,21)22-7-1-3-11(15)12(16)5-7/h1-6H. The number of hydrogen-bond acceptors (Lipinski definition) is 3. The van der Waals surface area contributed by atoms with E-state index in [1.807, 2.05) is 0 Å². The molecule has 124 valence electrons. The van der Waals surface area contributed by atoms with E-state index < -0.39 is 50.0 Å². The lowest BCUT2D eigenvalue weighted by Crippen LogP contribution is -2.14. The molecule has 0 bridgehead atoms. The summed E-state index contributed by atoms with van der Waals surface area (Å²) in [6.45, 7) is 0. The summed E-state index contributed by atoms with van der Waals surface area (Å²) in [6.07, 6.45) is -5.11. The number of alkyl halides is 3. The second kappa shape index (κ2) is 5.76. The predicted molar refractivity (Wildman–Crippen MR) is 65.6 cm³/mol. The van der Waals surface area contributed by atoms with Crippen LogP contribution in [0.25, 0.3) is 0 Å². The van der Waals surface area contributed by atoms with E-state index in [9.17, 15) is 34.8 Å². The van der Waals surface area contributed by atoms with E-state index in [1.165, 1.54) is 0 Å². The van der Waals surface area contributed by atoms with E-state index in [-0.39, 0.29) is 6.07 Å². The van der Waals surface area contributed by atoms with Crippen LogP contribution in [0.5, 0.6) is 5.75 Å². The summed E-state index contributed by atoms with van der Waals surface area (Å²) in [5.41, 5.74) is -1.80. The zero-order chi connectivity index (χ0) is 17.4. The minimum Gasteiger partial charge on any atom is -0.379 e. The third-order valence-corrected chi connectivity index (χ3v) is 3.87. The quantitative estimate of drug-likeness (QED) is 0.619. The van der Waals surface area contributed by atoms with E-state index in [0.29, 0.717) is 24.3 Å². The van der Waals surface area contributed by atoms with Gasteiger partial charge < -0.3 is 4.18 Å². The normalized spacial score (nSPS) is 12.3. The van der Waals surface area contributed by atoms with Crippen molar-refractivity contribution in [3.05, 3.63) is 59.4 Å². The second-order valence-electron chi connectivity index (χ2n) is 4.25. The largest absolute Gasteiger partial charge is 0.419 e. The van der Waals surface area contributed by atoms with Gasteiger partial charge in [0.2, 0.25) is 0 Å². The van der Waals surface area contributed by atoms with Crippen molar-refractivity contribution in [2.24, 2.45) is 0 Å². The average Bonchev–Trinajstić information content (AvgIpc) is 2.41. The fraction of sp³-hybridized carbons (Fsp3) is 0.0769. The van der Waals surface area contributed by atoms with Gasteiger partial charge in [-0.25, -0.2) is 13.2 Å². The summed E-state index contributed by atoms with van der Waals surface area (Å²) in [5, 5.41) is 0. The Morgan fingerprint density at radius 3 is 2.00 bits per heavy atom. The van der Waals surface area contributed by atoms with Gasteiger partial charge in [-0.05, 0) is 30.3 Å². The molecule has 23 heavy (non-hydrogen) atoms. The van der Waals surface area contributed by atoms with Crippen LogP contribution in [0, 0.1) is 17.5 Å². The third kappa shape index (κ3) is 3.76. The van der Waals surface area contributed by atoms with Gasteiger partial charge in [0.25, 0.3) is 0 Å². The maximum Gasteiger partial charge on any atom is 0.419 e. The van der Waals surface area contributed by atoms with Crippen LogP contribution in [-0.4, -0.2) is 8.42 Å². The van der Waals surface area contributed by atoms with Crippen LogP contribution >= 0.6 is 0 Å². The Labute approximate surface area is 126 Å². The Balaban J connectivity index is 2.42. The van der Waals surface area contributed by atoms with Gasteiger partial charge in [0, 0.05) is 6.07 Å². The molecule has 0 aliphatic heterocycles. The zero-order valence-corrected chi connectivity index (χ0v) is 11.7. The summed E-state index contributed by atoms with van der Waals surface area (Å²) >= 11 is 0. The molecule has 2 aromatic rings. The van der Waals surface area contributed by atoms with Crippen molar-refractivity contribution in [2.75, 3.05) is 0 Å². The van der Waals surface area contributed by atoms with Gasteiger partial charge in [-0.1, -0.05) is 0 Å². The first-order valence-electron chi connectivity index (χ1n) is 5.77. The van der Waals surface area contributed by atoms with E-state index in [4.69, 9.17) is 0 Å². The summed E-state index contributed by atoms with van der Waals surface area (Å²) in [5.74, 6) is -4.99. The van der Waals surface area contributed by atoms with Gasteiger partial charge in [-0.2, -0.15) is 21.6 Å². The van der Waals surface area contributed by atoms with Crippen LogP contribution in [-0.2, 0) is 16.3 Å². The van der Waals surface area contributed by atoms with E-state index in [1.54, 1.807) is 0 Å². The lowest BCUT2D eigenvalue weighted by atomic mass is 10.2. The second-order valence-corrected chi connectivity index (χ2v) is 5.80. The van der Waals surface area contributed by atoms with Crippen molar-refractivity contribution < 1.29 is 38.9 Å². The fourth-order valence-corrected chi connectivity index (χ4v) is 2.53. The molecular weight excluding hydrogens is 350 g/mol. The van der Waals surface area contributed by atoms with E-state index in [0.717, 1.165) is 6.07 Å². The van der Waals surface area contributed by atoms with Gasteiger partial charge in [0.1, 0.15) is 16.5 Å². The molecule has 0 saturated carbocycles. The van der Waals surface area contributed by atoms with Crippen LogP contribution < -0.4 is 4.18 Å². The first kappa shape index (κ1) is 17.1. The average molecular weight is 356 g/mol. The van der Waals surface area contributed by atoms with E-state index >= 15 is 0 Å². The van der Waals surface area contributed by atoms with Crippen LogP contribution in [0.3, 0.4) is 0 Å². The Morgan fingerprint density at radius 1 is 0.826 bits per heavy atom. The monoisotopic (exact) mass is 356 g/mol. The Morgan fingerprint density at radius 2 is 1.43 bits per heavy atom. The molecule has 0 heterocycles. The molecule has 10 heteroatoms. The molecule has 0 saturated heterocycles. The first-order valence-corrected chi connectivity index (χ1v) is 7.18. The first-order chi connectivity index (χ1) is 10.5. The SMILES string of the molecule is O=S(=O)(Oc1ccc(F)c(F)c1)c1ccc(F)c(C(F)(F)F)c1. The smallest absolute Gasteiger partial charge is 0.379 e. The third-order valence-electron chi connectivity index (χ3n) is 2.63. The Kier molecular flexibility index (Phi) is 4.29. The summed E-state index contributed by atoms with van der Waals surface area (Å²) < 4.78 is 105. The predicted octanol–water partition coefficient (Wildman–Crippen LogP) is 3.89. The number of halogens is 6. The van der Waals surface area contributed by atoms with Gasteiger partial charge in [0.15, 0.2) is 11.6 Å². The lowest BCUT2D eigenvalue weighted by Gasteiger charge is -2.11. The van der Waals surface area contributed by atoms with Crippen molar-refractivity contribution in [3.8, 4) is 5.75 Å². The molecule has 3 nitrogen and oxygen atoms in total. The highest BCUT2D eigenvalue weighted by molar-refractivity contribution is 7.87. The van der Waals surface area contributed by atoms with Crippen molar-refractivity contribution >= 4 is 10.1 Å². The number of hydrogen-bond donors (Lipinski definition) is 0. The highest BCUT2D eigenvalue weighted by Gasteiger charge is 2.35. The highest BCUT2D eigenvalue weighted by atomic mass is 32.2. The van der Waals surface area contributed by atoms with Crippen molar-refractivity contribution in [3.63, 3.8) is 0 Å². The van der Waals surface area contributed by atoms with Gasteiger partial charge >= 0.3 is 16.3 Å². The van der Waals surface area contributed by atoms with Crippen LogP contribution in [0.4, 0.5) is 26.3 Å². The molecule has 0 aliphatic rings.